The van der Waals surface area contributed by atoms with Gasteiger partial charge in [-0.3, -0.25) is 14.5 Å². The first kappa shape index (κ1) is 9.09. The average Bonchev–Trinajstić information content (AvgIpc) is 2.33. The van der Waals surface area contributed by atoms with Crippen molar-refractivity contribution >= 4 is 22.6 Å². The topological polar surface area (TPSA) is 37.4 Å². The lowest BCUT2D eigenvalue weighted by molar-refractivity contribution is 0.0650. The molecule has 16 heavy (non-hydrogen) atoms. The van der Waals surface area contributed by atoms with Crippen LogP contribution in [0.5, 0.6) is 0 Å². The molecule has 1 aliphatic rings. The summed E-state index contributed by atoms with van der Waals surface area (Å²) in [6, 6.07) is 11.9. The van der Waals surface area contributed by atoms with Crippen molar-refractivity contribution in [3.63, 3.8) is 0 Å². The number of amides is 2. The van der Waals surface area contributed by atoms with Crippen LogP contribution in [0.15, 0.2) is 30.3 Å². The molecule has 0 bridgehead atoms. The molecule has 0 unspecified atom stereocenters. The van der Waals surface area contributed by atoms with Gasteiger partial charge in [-0.1, -0.05) is 24.3 Å². The highest BCUT2D eigenvalue weighted by atomic mass is 16.2. The Balaban J connectivity index is 2.52. The fourth-order valence-electron chi connectivity index (χ4n) is 2.06. The summed E-state index contributed by atoms with van der Waals surface area (Å²) in [6.45, 7) is 0. The van der Waals surface area contributed by atoms with E-state index in [0.29, 0.717) is 11.1 Å². The molecule has 1 heterocycles. The molecule has 2 aromatic rings. The number of rotatable bonds is 0. The first-order chi connectivity index (χ1) is 7.70. The maximum Gasteiger partial charge on any atom is 0.261 e. The largest absolute Gasteiger partial charge is 0.277 e. The molecule has 2 aromatic carbocycles. The summed E-state index contributed by atoms with van der Waals surface area (Å²) in [6.07, 6.45) is 0. The summed E-state index contributed by atoms with van der Waals surface area (Å²) in [5.41, 5.74) is 1.06. The van der Waals surface area contributed by atoms with Gasteiger partial charge in [0.25, 0.3) is 11.8 Å². The van der Waals surface area contributed by atoms with Crippen molar-refractivity contribution in [1.82, 2.24) is 4.90 Å². The molecule has 0 aliphatic carbocycles. The molecule has 3 heteroatoms. The van der Waals surface area contributed by atoms with Gasteiger partial charge in [-0.2, -0.15) is 0 Å². The standard InChI is InChI=1S/C13H8NO2/c1-14-12(15)9-6-2-4-8-5-3-7-10(11(8)9)13(14)16/h2-6H,1H3. The van der Waals surface area contributed by atoms with E-state index >= 15 is 0 Å². The lowest BCUT2D eigenvalue weighted by atomic mass is 9.94. The fraction of sp³-hybridized carbons (Fsp3) is 0.0769. The third-order valence-electron chi connectivity index (χ3n) is 2.89. The number of carbonyl (C=O) groups is 2. The summed E-state index contributed by atoms with van der Waals surface area (Å²) < 4.78 is 0. The summed E-state index contributed by atoms with van der Waals surface area (Å²) in [5.74, 6) is -0.531. The number of nitrogens with zero attached hydrogens (tertiary/aromatic N) is 1. The molecular formula is C13H8NO2. The highest BCUT2D eigenvalue weighted by molar-refractivity contribution is 6.25. The van der Waals surface area contributed by atoms with E-state index < -0.39 is 0 Å². The maximum absolute atomic E-state index is 11.9. The summed E-state index contributed by atoms with van der Waals surface area (Å²) >= 11 is 0. The van der Waals surface area contributed by atoms with Gasteiger partial charge in [-0.05, 0) is 17.5 Å². The van der Waals surface area contributed by atoms with Crippen LogP contribution in [-0.2, 0) is 0 Å². The van der Waals surface area contributed by atoms with Crippen molar-refractivity contribution < 1.29 is 9.59 Å². The normalized spacial score (nSPS) is 14.7. The van der Waals surface area contributed by atoms with E-state index in [-0.39, 0.29) is 11.8 Å². The number of imide groups is 1. The molecule has 3 nitrogen and oxygen atoms in total. The molecule has 77 valence electrons. The Labute approximate surface area is 92.3 Å². The van der Waals surface area contributed by atoms with Gasteiger partial charge in [0.15, 0.2) is 0 Å². The Morgan fingerprint density at radius 2 is 1.94 bits per heavy atom. The third kappa shape index (κ3) is 0.972. The minimum absolute atomic E-state index is 0.247. The first-order valence-corrected chi connectivity index (χ1v) is 4.96. The number of hydrogen-bond donors (Lipinski definition) is 0. The molecule has 2 amide bonds. The Morgan fingerprint density at radius 3 is 2.75 bits per heavy atom. The minimum atomic E-state index is -0.283. The van der Waals surface area contributed by atoms with Crippen molar-refractivity contribution in [1.29, 1.82) is 0 Å². The molecule has 0 atom stereocenters. The van der Waals surface area contributed by atoms with Gasteiger partial charge in [-0.15, -0.1) is 0 Å². The van der Waals surface area contributed by atoms with Gasteiger partial charge in [0.2, 0.25) is 0 Å². The second-order valence-electron chi connectivity index (χ2n) is 3.79. The lowest BCUT2D eigenvalue weighted by Crippen LogP contribution is -2.36. The van der Waals surface area contributed by atoms with Gasteiger partial charge < -0.3 is 0 Å². The summed E-state index contributed by atoms with van der Waals surface area (Å²) in [4.78, 5) is 24.9. The summed E-state index contributed by atoms with van der Waals surface area (Å²) in [7, 11) is 1.49. The fourth-order valence-corrected chi connectivity index (χ4v) is 2.06. The van der Waals surface area contributed by atoms with Crippen LogP contribution in [0.4, 0.5) is 0 Å². The molecular weight excluding hydrogens is 202 g/mol. The van der Waals surface area contributed by atoms with Crippen LogP contribution in [0.2, 0.25) is 0 Å². The minimum Gasteiger partial charge on any atom is -0.277 e. The number of hydrogen-bond acceptors (Lipinski definition) is 2. The highest BCUT2D eigenvalue weighted by Gasteiger charge is 2.29. The van der Waals surface area contributed by atoms with Crippen LogP contribution in [0, 0.1) is 6.07 Å². The summed E-state index contributed by atoms with van der Waals surface area (Å²) in [5, 5.41) is 1.62. The predicted molar refractivity (Wildman–Crippen MR) is 59.2 cm³/mol. The Bertz CT molecular complexity index is 580. The molecule has 0 fully saturated rings. The van der Waals surface area contributed by atoms with E-state index in [1.54, 1.807) is 12.1 Å². The van der Waals surface area contributed by atoms with Crippen molar-refractivity contribution in [3.8, 4) is 0 Å². The zero-order chi connectivity index (χ0) is 11.3. The second-order valence-corrected chi connectivity index (χ2v) is 3.79. The van der Waals surface area contributed by atoms with E-state index in [1.165, 1.54) is 7.05 Å². The highest BCUT2D eigenvalue weighted by Crippen LogP contribution is 2.28. The SMILES string of the molecule is CN1C(=O)c2[c]ccc3cccc(c23)C1=O. The van der Waals surface area contributed by atoms with Crippen LogP contribution >= 0.6 is 0 Å². The molecule has 3 rings (SSSR count). The predicted octanol–water partition coefficient (Wildman–Crippen LogP) is 1.87. The van der Waals surface area contributed by atoms with E-state index in [0.717, 1.165) is 15.7 Å². The van der Waals surface area contributed by atoms with Crippen molar-refractivity contribution in [2.24, 2.45) is 0 Å². The Hall–Kier alpha value is -2.16. The van der Waals surface area contributed by atoms with Gasteiger partial charge in [0.1, 0.15) is 0 Å². The van der Waals surface area contributed by atoms with E-state index in [4.69, 9.17) is 0 Å². The Kier molecular flexibility index (Phi) is 1.66. The quantitative estimate of drug-likeness (QED) is 0.622. The van der Waals surface area contributed by atoms with Gasteiger partial charge in [-0.25, -0.2) is 0 Å². The molecule has 0 spiro atoms. The monoisotopic (exact) mass is 210 g/mol. The molecule has 0 N–H and O–H groups in total. The van der Waals surface area contributed by atoms with Crippen LogP contribution < -0.4 is 0 Å². The van der Waals surface area contributed by atoms with E-state index in [2.05, 4.69) is 6.07 Å². The molecule has 0 aromatic heterocycles. The van der Waals surface area contributed by atoms with Crippen LogP contribution in [-0.4, -0.2) is 23.8 Å². The van der Waals surface area contributed by atoms with Crippen molar-refractivity contribution in [3.05, 3.63) is 47.5 Å². The van der Waals surface area contributed by atoms with Crippen LogP contribution in [0.1, 0.15) is 20.7 Å². The van der Waals surface area contributed by atoms with E-state index in [1.807, 2.05) is 18.2 Å². The van der Waals surface area contributed by atoms with Crippen LogP contribution in [0.25, 0.3) is 10.8 Å². The lowest BCUT2D eigenvalue weighted by Gasteiger charge is -2.23. The van der Waals surface area contributed by atoms with Gasteiger partial charge >= 0.3 is 0 Å². The second kappa shape index (κ2) is 2.92. The average molecular weight is 210 g/mol. The zero-order valence-corrected chi connectivity index (χ0v) is 8.65. The van der Waals surface area contributed by atoms with Crippen molar-refractivity contribution in [2.45, 2.75) is 0 Å². The number of carbonyl (C=O) groups excluding carboxylic acids is 2. The molecule has 1 radical (unpaired) electrons. The van der Waals surface area contributed by atoms with Gasteiger partial charge in [0, 0.05) is 18.0 Å². The smallest absolute Gasteiger partial charge is 0.261 e. The molecule has 0 saturated carbocycles. The molecule has 1 aliphatic heterocycles. The van der Waals surface area contributed by atoms with Gasteiger partial charge in [0.05, 0.1) is 5.56 Å². The number of benzene rings is 2. The zero-order valence-electron chi connectivity index (χ0n) is 8.65. The first-order valence-electron chi connectivity index (χ1n) is 4.96. The Morgan fingerprint density at radius 1 is 1.12 bits per heavy atom. The molecule has 0 saturated heterocycles. The van der Waals surface area contributed by atoms with Crippen molar-refractivity contribution in [2.75, 3.05) is 7.05 Å². The van der Waals surface area contributed by atoms with Crippen LogP contribution in [0.3, 0.4) is 0 Å². The third-order valence-corrected chi connectivity index (χ3v) is 2.89. The van der Waals surface area contributed by atoms with E-state index in [9.17, 15) is 9.59 Å². The maximum atomic E-state index is 11.9.